The van der Waals surface area contributed by atoms with Gasteiger partial charge in [0.2, 0.25) is 0 Å². The molecule has 0 atom stereocenters. The molecule has 0 radical (unpaired) electrons. The van der Waals surface area contributed by atoms with Gasteiger partial charge in [0.15, 0.2) is 0 Å². The molecule has 2 aromatic carbocycles. The van der Waals surface area contributed by atoms with Crippen molar-refractivity contribution in [1.82, 2.24) is 0 Å². The van der Waals surface area contributed by atoms with Crippen LogP contribution in [0.4, 0.5) is 0 Å². The Hall–Kier alpha value is -1.82. The van der Waals surface area contributed by atoms with Gasteiger partial charge in [-0.25, -0.2) is 0 Å². The molecule has 0 heteroatoms. The van der Waals surface area contributed by atoms with E-state index in [0.29, 0.717) is 0 Å². The lowest BCUT2D eigenvalue weighted by atomic mass is 9.81. The van der Waals surface area contributed by atoms with Crippen molar-refractivity contribution in [2.45, 2.75) is 32.6 Å². The standard InChI is InChI=1S/C19H20/c1-19(2,3)18-13-5-4-10-17(18)16-12-7-9-14-8-6-11-15(14)16/h4-7,9-13H,8H2,1-3H3. The van der Waals surface area contributed by atoms with Gasteiger partial charge < -0.3 is 0 Å². The van der Waals surface area contributed by atoms with Gasteiger partial charge in [-0.05, 0) is 39.7 Å². The molecule has 96 valence electrons. The largest absolute Gasteiger partial charge is 0.0795 e. The minimum Gasteiger partial charge on any atom is -0.0795 e. The summed E-state index contributed by atoms with van der Waals surface area (Å²) in [5, 5.41) is 0. The van der Waals surface area contributed by atoms with E-state index in [0.717, 1.165) is 6.42 Å². The average molecular weight is 248 g/mol. The highest BCUT2D eigenvalue weighted by Crippen LogP contribution is 2.37. The Morgan fingerprint density at radius 1 is 0.842 bits per heavy atom. The van der Waals surface area contributed by atoms with Crippen LogP contribution >= 0.6 is 0 Å². The van der Waals surface area contributed by atoms with Gasteiger partial charge in [0.25, 0.3) is 0 Å². The van der Waals surface area contributed by atoms with Crippen LogP contribution in [0.3, 0.4) is 0 Å². The highest BCUT2D eigenvalue weighted by molar-refractivity contribution is 5.81. The van der Waals surface area contributed by atoms with Crippen LogP contribution in [0.5, 0.6) is 0 Å². The summed E-state index contributed by atoms with van der Waals surface area (Å²) < 4.78 is 0. The molecule has 0 aromatic heterocycles. The van der Waals surface area contributed by atoms with Gasteiger partial charge in [-0.3, -0.25) is 0 Å². The minimum atomic E-state index is 0.168. The zero-order valence-electron chi connectivity index (χ0n) is 11.9. The van der Waals surface area contributed by atoms with Crippen LogP contribution in [0.1, 0.15) is 37.5 Å². The summed E-state index contributed by atoms with van der Waals surface area (Å²) in [6.45, 7) is 6.85. The lowest BCUT2D eigenvalue weighted by Crippen LogP contribution is -2.12. The molecule has 0 amide bonds. The first-order chi connectivity index (χ1) is 9.07. The summed E-state index contributed by atoms with van der Waals surface area (Å²) in [4.78, 5) is 0. The Bertz CT molecular complexity index is 639. The van der Waals surface area contributed by atoms with E-state index in [-0.39, 0.29) is 5.41 Å². The Morgan fingerprint density at radius 3 is 2.37 bits per heavy atom. The maximum Gasteiger partial charge on any atom is -0.00879 e. The van der Waals surface area contributed by atoms with Gasteiger partial charge in [0.1, 0.15) is 0 Å². The van der Waals surface area contributed by atoms with Crippen LogP contribution in [-0.2, 0) is 11.8 Å². The average Bonchev–Trinajstić information content (AvgIpc) is 2.85. The first-order valence-corrected chi connectivity index (χ1v) is 6.96. The lowest BCUT2D eigenvalue weighted by Gasteiger charge is -2.24. The van der Waals surface area contributed by atoms with Crippen molar-refractivity contribution in [2.75, 3.05) is 0 Å². The summed E-state index contributed by atoms with van der Waals surface area (Å²) in [5.74, 6) is 0. The molecular weight excluding hydrogens is 228 g/mol. The van der Waals surface area contributed by atoms with E-state index >= 15 is 0 Å². The molecule has 0 heterocycles. The summed E-state index contributed by atoms with van der Waals surface area (Å²) in [6, 6.07) is 15.5. The molecule has 0 spiro atoms. The molecule has 2 aromatic rings. The molecule has 0 saturated heterocycles. The fourth-order valence-corrected chi connectivity index (χ4v) is 2.90. The van der Waals surface area contributed by atoms with E-state index < -0.39 is 0 Å². The van der Waals surface area contributed by atoms with E-state index in [4.69, 9.17) is 0 Å². The number of fused-ring (bicyclic) bond motifs is 1. The molecule has 0 fully saturated rings. The third-order valence-electron chi connectivity index (χ3n) is 3.84. The number of allylic oxidation sites excluding steroid dienone is 1. The van der Waals surface area contributed by atoms with Crippen molar-refractivity contribution in [3.63, 3.8) is 0 Å². The van der Waals surface area contributed by atoms with Gasteiger partial charge in [-0.1, -0.05) is 75.4 Å². The van der Waals surface area contributed by atoms with Crippen LogP contribution in [0, 0.1) is 0 Å². The zero-order valence-corrected chi connectivity index (χ0v) is 11.9. The molecule has 1 aliphatic rings. The normalized spacial score (nSPS) is 13.6. The van der Waals surface area contributed by atoms with Gasteiger partial charge in [0, 0.05) is 0 Å². The lowest BCUT2D eigenvalue weighted by molar-refractivity contribution is 0.592. The van der Waals surface area contributed by atoms with E-state index in [1.54, 1.807) is 0 Å². The SMILES string of the molecule is CC(C)(C)c1ccccc1-c1cccc2c1C=CC2. The van der Waals surface area contributed by atoms with Crippen molar-refractivity contribution in [1.29, 1.82) is 0 Å². The summed E-state index contributed by atoms with van der Waals surface area (Å²) in [6.07, 6.45) is 5.60. The van der Waals surface area contributed by atoms with E-state index in [9.17, 15) is 0 Å². The second-order valence-electron chi connectivity index (χ2n) is 6.28. The molecule has 3 rings (SSSR count). The Balaban J connectivity index is 2.24. The number of benzene rings is 2. The maximum atomic E-state index is 2.28. The fraction of sp³-hybridized carbons (Fsp3) is 0.263. The van der Waals surface area contributed by atoms with Crippen molar-refractivity contribution < 1.29 is 0 Å². The van der Waals surface area contributed by atoms with Crippen molar-refractivity contribution >= 4 is 6.08 Å². The molecule has 1 aliphatic carbocycles. The molecule has 0 N–H and O–H groups in total. The smallest absolute Gasteiger partial charge is 0.00879 e. The van der Waals surface area contributed by atoms with E-state index in [2.05, 4.69) is 75.4 Å². The van der Waals surface area contributed by atoms with Gasteiger partial charge in [0.05, 0.1) is 0 Å². The highest BCUT2D eigenvalue weighted by atomic mass is 14.2. The molecule has 0 saturated carbocycles. The number of hydrogen-bond donors (Lipinski definition) is 0. The second kappa shape index (κ2) is 4.38. The van der Waals surface area contributed by atoms with Crippen LogP contribution in [-0.4, -0.2) is 0 Å². The van der Waals surface area contributed by atoms with E-state index in [1.807, 2.05) is 0 Å². The summed E-state index contributed by atoms with van der Waals surface area (Å²) in [7, 11) is 0. The van der Waals surface area contributed by atoms with Gasteiger partial charge >= 0.3 is 0 Å². The van der Waals surface area contributed by atoms with Crippen molar-refractivity contribution in [2.24, 2.45) is 0 Å². The Labute approximate surface area is 115 Å². The number of hydrogen-bond acceptors (Lipinski definition) is 0. The predicted octanol–water partition coefficient (Wildman–Crippen LogP) is 5.22. The minimum absolute atomic E-state index is 0.168. The number of rotatable bonds is 1. The second-order valence-corrected chi connectivity index (χ2v) is 6.28. The van der Waals surface area contributed by atoms with Gasteiger partial charge in [-0.15, -0.1) is 0 Å². The molecule has 0 bridgehead atoms. The quantitative estimate of drug-likeness (QED) is 0.649. The molecule has 0 unspecified atom stereocenters. The zero-order chi connectivity index (χ0) is 13.5. The van der Waals surface area contributed by atoms with Gasteiger partial charge in [-0.2, -0.15) is 0 Å². The van der Waals surface area contributed by atoms with Crippen LogP contribution < -0.4 is 0 Å². The molecule has 19 heavy (non-hydrogen) atoms. The molecule has 0 aliphatic heterocycles. The van der Waals surface area contributed by atoms with Crippen molar-refractivity contribution in [3.05, 3.63) is 65.2 Å². The molecular formula is C19H20. The monoisotopic (exact) mass is 248 g/mol. The highest BCUT2D eigenvalue weighted by Gasteiger charge is 2.20. The Morgan fingerprint density at radius 2 is 1.58 bits per heavy atom. The molecule has 0 nitrogen and oxygen atoms in total. The predicted molar refractivity (Wildman–Crippen MR) is 83.3 cm³/mol. The van der Waals surface area contributed by atoms with Crippen LogP contribution in [0.25, 0.3) is 17.2 Å². The summed E-state index contributed by atoms with van der Waals surface area (Å²) >= 11 is 0. The maximum absolute atomic E-state index is 2.28. The topological polar surface area (TPSA) is 0 Å². The van der Waals surface area contributed by atoms with Crippen LogP contribution in [0.15, 0.2) is 48.5 Å². The van der Waals surface area contributed by atoms with Crippen molar-refractivity contribution in [3.8, 4) is 11.1 Å². The third kappa shape index (κ3) is 2.12. The fourth-order valence-electron chi connectivity index (χ4n) is 2.90. The Kier molecular flexibility index (Phi) is 2.82. The van der Waals surface area contributed by atoms with Crippen LogP contribution in [0.2, 0.25) is 0 Å². The first kappa shape index (κ1) is 12.2. The third-order valence-corrected chi connectivity index (χ3v) is 3.84. The van der Waals surface area contributed by atoms with E-state index in [1.165, 1.54) is 27.8 Å². The first-order valence-electron chi connectivity index (χ1n) is 6.96. The summed E-state index contributed by atoms with van der Waals surface area (Å²) in [5.41, 5.74) is 7.18.